The molecule has 1 N–H and O–H groups in total. The molecule has 3 aromatic heterocycles. The normalized spacial score (nSPS) is 11.2. The summed E-state index contributed by atoms with van der Waals surface area (Å²) in [4.78, 5) is 21.2. The molecular weight excluding hydrogens is 404 g/mol. The van der Waals surface area contributed by atoms with Gasteiger partial charge >= 0.3 is 0 Å². The van der Waals surface area contributed by atoms with E-state index in [4.69, 9.17) is 4.74 Å². The van der Waals surface area contributed by atoms with E-state index in [0.29, 0.717) is 18.1 Å². The molecule has 32 heavy (non-hydrogen) atoms. The van der Waals surface area contributed by atoms with E-state index in [1.165, 1.54) is 11.1 Å². The first-order chi connectivity index (χ1) is 15.3. The summed E-state index contributed by atoms with van der Waals surface area (Å²) in [6.07, 6.45) is 2.61. The van der Waals surface area contributed by atoms with Crippen molar-refractivity contribution in [3.05, 3.63) is 59.0 Å². The minimum Gasteiger partial charge on any atom is -0.468 e. The van der Waals surface area contributed by atoms with E-state index >= 15 is 0 Å². The lowest BCUT2D eigenvalue weighted by molar-refractivity contribution is -0.123. The molecule has 166 valence electrons. The Bertz CT molecular complexity index is 1290. The Morgan fingerprint density at radius 2 is 1.91 bits per heavy atom. The Kier molecular flexibility index (Phi) is 5.94. The van der Waals surface area contributed by atoms with E-state index in [1.54, 1.807) is 4.68 Å². The molecule has 0 aliphatic heterocycles. The Balaban J connectivity index is 1.44. The first-order valence-electron chi connectivity index (χ1n) is 10.6. The zero-order chi connectivity index (χ0) is 22.8. The molecule has 4 rings (SSSR count). The maximum atomic E-state index is 12.2. The molecule has 0 radical (unpaired) electrons. The number of carbonyl (C=O) groups is 1. The summed E-state index contributed by atoms with van der Waals surface area (Å²) in [5, 5.41) is 8.52. The molecule has 0 fully saturated rings. The van der Waals surface area contributed by atoms with Gasteiger partial charge in [-0.25, -0.2) is 9.67 Å². The number of rotatable bonds is 7. The Labute approximate surface area is 187 Å². The van der Waals surface area contributed by atoms with Crippen LogP contribution in [-0.4, -0.2) is 43.4 Å². The summed E-state index contributed by atoms with van der Waals surface area (Å²) < 4.78 is 9.44. The molecule has 0 spiro atoms. The van der Waals surface area contributed by atoms with Crippen molar-refractivity contribution in [2.24, 2.45) is 14.1 Å². The van der Waals surface area contributed by atoms with Crippen molar-refractivity contribution in [1.82, 2.24) is 29.6 Å². The number of hydrogen-bond acceptors (Lipinski definition) is 5. The highest BCUT2D eigenvalue weighted by molar-refractivity contribution is 5.93. The number of ether oxygens (including phenoxy) is 1. The molecule has 1 aromatic carbocycles. The number of pyridine rings is 1. The van der Waals surface area contributed by atoms with Gasteiger partial charge in [-0.05, 0) is 43.9 Å². The summed E-state index contributed by atoms with van der Waals surface area (Å²) in [5.41, 5.74) is 5.89. The first kappa shape index (κ1) is 21.5. The van der Waals surface area contributed by atoms with E-state index in [-0.39, 0.29) is 12.5 Å². The fourth-order valence-corrected chi connectivity index (χ4v) is 3.79. The second kappa shape index (κ2) is 8.82. The van der Waals surface area contributed by atoms with Crippen LogP contribution in [0.25, 0.3) is 22.4 Å². The topological polar surface area (TPSA) is 86.9 Å². The van der Waals surface area contributed by atoms with Crippen molar-refractivity contribution in [2.75, 3.05) is 13.2 Å². The van der Waals surface area contributed by atoms with Crippen LogP contribution >= 0.6 is 0 Å². The van der Waals surface area contributed by atoms with Crippen LogP contribution in [0.5, 0.6) is 5.88 Å². The van der Waals surface area contributed by atoms with E-state index < -0.39 is 0 Å². The van der Waals surface area contributed by atoms with Crippen LogP contribution in [0.1, 0.15) is 22.5 Å². The number of aryl methyl sites for hydroxylation is 4. The number of carbonyl (C=O) groups excluding carboxylic acids is 1. The molecule has 0 atom stereocenters. The van der Waals surface area contributed by atoms with Crippen LogP contribution in [0.2, 0.25) is 0 Å². The first-order valence-corrected chi connectivity index (χ1v) is 10.6. The number of imidazole rings is 1. The quantitative estimate of drug-likeness (QED) is 0.485. The second-order valence-electron chi connectivity index (χ2n) is 8.01. The van der Waals surface area contributed by atoms with Gasteiger partial charge in [0.1, 0.15) is 11.5 Å². The Morgan fingerprint density at radius 1 is 1.12 bits per heavy atom. The molecule has 0 bridgehead atoms. The number of hydrogen-bond donors (Lipinski definition) is 1. The highest BCUT2D eigenvalue weighted by atomic mass is 16.5. The van der Waals surface area contributed by atoms with Crippen LogP contribution in [-0.2, 0) is 25.3 Å². The van der Waals surface area contributed by atoms with Gasteiger partial charge in [0, 0.05) is 26.7 Å². The SMILES string of the molecule is Cc1ccccc1CCNC(=O)COc1cc(C)c2c(-c3cnc(C)n3C)nn(C)c2n1. The van der Waals surface area contributed by atoms with E-state index in [9.17, 15) is 4.79 Å². The van der Waals surface area contributed by atoms with Gasteiger partial charge in [0.15, 0.2) is 12.3 Å². The van der Waals surface area contributed by atoms with E-state index in [1.807, 2.05) is 56.9 Å². The minimum absolute atomic E-state index is 0.0860. The van der Waals surface area contributed by atoms with E-state index in [2.05, 4.69) is 39.4 Å². The highest BCUT2D eigenvalue weighted by Crippen LogP contribution is 2.31. The highest BCUT2D eigenvalue weighted by Gasteiger charge is 2.19. The number of amides is 1. The van der Waals surface area contributed by atoms with Crippen molar-refractivity contribution in [3.8, 4) is 17.3 Å². The third kappa shape index (κ3) is 4.21. The van der Waals surface area contributed by atoms with Gasteiger partial charge < -0.3 is 14.6 Å². The molecule has 8 heteroatoms. The zero-order valence-electron chi connectivity index (χ0n) is 19.1. The summed E-state index contributed by atoms with van der Waals surface area (Å²) in [6, 6.07) is 10.0. The van der Waals surface area contributed by atoms with Gasteiger partial charge in [0.25, 0.3) is 5.91 Å². The summed E-state index contributed by atoms with van der Waals surface area (Å²) >= 11 is 0. The average Bonchev–Trinajstić information content (AvgIpc) is 3.27. The number of nitrogens with one attached hydrogen (secondary N) is 1. The van der Waals surface area contributed by atoms with Crippen molar-refractivity contribution in [1.29, 1.82) is 0 Å². The summed E-state index contributed by atoms with van der Waals surface area (Å²) in [5.74, 6) is 1.15. The van der Waals surface area contributed by atoms with Gasteiger partial charge in [-0.3, -0.25) is 4.79 Å². The lowest BCUT2D eigenvalue weighted by atomic mass is 10.1. The molecule has 3 heterocycles. The van der Waals surface area contributed by atoms with Crippen LogP contribution in [0.15, 0.2) is 36.5 Å². The summed E-state index contributed by atoms with van der Waals surface area (Å²) in [6.45, 7) is 6.50. The smallest absolute Gasteiger partial charge is 0.258 e. The van der Waals surface area contributed by atoms with Crippen LogP contribution in [0, 0.1) is 20.8 Å². The molecule has 0 aliphatic rings. The van der Waals surface area contributed by atoms with Gasteiger partial charge in [0.05, 0.1) is 17.3 Å². The molecular formula is C24H28N6O2. The lowest BCUT2D eigenvalue weighted by Crippen LogP contribution is -2.30. The maximum Gasteiger partial charge on any atom is 0.258 e. The van der Waals surface area contributed by atoms with Crippen LogP contribution in [0.4, 0.5) is 0 Å². The van der Waals surface area contributed by atoms with Gasteiger partial charge in [-0.1, -0.05) is 24.3 Å². The molecule has 8 nitrogen and oxygen atoms in total. The molecule has 0 unspecified atom stereocenters. The van der Waals surface area contributed by atoms with Crippen molar-refractivity contribution < 1.29 is 9.53 Å². The number of nitrogens with zero attached hydrogens (tertiary/aromatic N) is 5. The number of benzene rings is 1. The predicted molar refractivity (Wildman–Crippen MR) is 124 cm³/mol. The van der Waals surface area contributed by atoms with Crippen molar-refractivity contribution >= 4 is 16.9 Å². The molecule has 0 saturated heterocycles. The number of aromatic nitrogens is 5. The molecule has 1 amide bonds. The Hall–Kier alpha value is -3.68. The van der Waals surface area contributed by atoms with Gasteiger partial charge in [-0.2, -0.15) is 10.1 Å². The molecule has 0 saturated carbocycles. The standard InChI is InChI=1S/C24H28N6O2/c1-15-8-6-7-9-18(15)10-11-25-20(31)14-32-21-12-16(2)22-23(28-30(5)24(22)27-21)19-13-26-17(3)29(19)4/h6-9,12-13H,10-11,14H2,1-5H3,(H,25,31). The van der Waals surface area contributed by atoms with Crippen LogP contribution in [0.3, 0.4) is 0 Å². The lowest BCUT2D eigenvalue weighted by Gasteiger charge is -2.09. The third-order valence-electron chi connectivity index (χ3n) is 5.76. The Morgan fingerprint density at radius 3 is 2.62 bits per heavy atom. The largest absolute Gasteiger partial charge is 0.468 e. The van der Waals surface area contributed by atoms with Crippen molar-refractivity contribution in [2.45, 2.75) is 27.2 Å². The molecule has 0 aliphatic carbocycles. The monoisotopic (exact) mass is 432 g/mol. The summed E-state index contributed by atoms with van der Waals surface area (Å²) in [7, 11) is 3.82. The second-order valence-corrected chi connectivity index (χ2v) is 8.01. The fraction of sp³-hybridized carbons (Fsp3) is 0.333. The van der Waals surface area contributed by atoms with Crippen molar-refractivity contribution in [3.63, 3.8) is 0 Å². The van der Waals surface area contributed by atoms with Gasteiger partial charge in [-0.15, -0.1) is 0 Å². The van der Waals surface area contributed by atoms with Crippen LogP contribution < -0.4 is 10.1 Å². The van der Waals surface area contributed by atoms with Gasteiger partial charge in [0.2, 0.25) is 5.88 Å². The predicted octanol–water partition coefficient (Wildman–Crippen LogP) is 3.03. The van der Waals surface area contributed by atoms with E-state index in [0.717, 1.165) is 34.6 Å². The number of fused-ring (bicyclic) bond motifs is 1. The fourth-order valence-electron chi connectivity index (χ4n) is 3.79. The zero-order valence-corrected chi connectivity index (χ0v) is 19.1. The minimum atomic E-state index is -0.172. The average molecular weight is 433 g/mol. The molecule has 4 aromatic rings. The maximum absolute atomic E-state index is 12.2. The third-order valence-corrected chi connectivity index (χ3v) is 5.76.